The lowest BCUT2D eigenvalue weighted by molar-refractivity contribution is -0.119. The Morgan fingerprint density at radius 2 is 2.11 bits per heavy atom. The molecule has 3 rings (SSSR count). The van der Waals surface area contributed by atoms with Gasteiger partial charge in [0.15, 0.2) is 5.17 Å². The second-order valence-corrected chi connectivity index (χ2v) is 6.15. The molecular formula is C15H18N2OS. The lowest BCUT2D eigenvalue weighted by Gasteiger charge is -2.16. The topological polar surface area (TPSA) is 41.5 Å². The highest BCUT2D eigenvalue weighted by molar-refractivity contribution is 8.14. The molecule has 19 heavy (non-hydrogen) atoms. The largest absolute Gasteiger partial charge is 0.305 e. The van der Waals surface area contributed by atoms with Gasteiger partial charge in [0.05, 0.1) is 13.0 Å². The van der Waals surface area contributed by atoms with E-state index in [-0.39, 0.29) is 5.91 Å². The Labute approximate surface area is 117 Å². The van der Waals surface area contributed by atoms with Crippen LogP contribution in [-0.2, 0) is 24.1 Å². The third kappa shape index (κ3) is 3.18. The SMILES string of the molecule is O=C(Cc1ccc2c(c1)CCCC2)NC1=NCCS1. The highest BCUT2D eigenvalue weighted by Crippen LogP contribution is 2.22. The first kappa shape index (κ1) is 12.7. The Morgan fingerprint density at radius 1 is 1.26 bits per heavy atom. The average Bonchev–Trinajstić information content (AvgIpc) is 2.91. The van der Waals surface area contributed by atoms with E-state index in [4.69, 9.17) is 0 Å². The van der Waals surface area contributed by atoms with Gasteiger partial charge in [0.1, 0.15) is 0 Å². The van der Waals surface area contributed by atoms with Crippen LogP contribution in [-0.4, -0.2) is 23.4 Å². The Bertz CT molecular complexity index is 525. The molecule has 0 bridgehead atoms. The van der Waals surface area contributed by atoms with Gasteiger partial charge in [0, 0.05) is 5.75 Å². The van der Waals surface area contributed by atoms with Crippen molar-refractivity contribution in [3.05, 3.63) is 34.9 Å². The number of benzene rings is 1. The number of nitrogens with zero attached hydrogens (tertiary/aromatic N) is 1. The first-order chi connectivity index (χ1) is 9.31. The number of amidine groups is 1. The standard InChI is InChI=1S/C15H18N2OS/c18-14(17-15-16-7-8-19-15)10-11-5-6-12-3-1-2-4-13(12)9-11/h5-6,9H,1-4,7-8,10H2,(H,16,17,18). The molecule has 1 aromatic carbocycles. The van der Waals surface area contributed by atoms with E-state index >= 15 is 0 Å². The Balaban J connectivity index is 1.64. The van der Waals surface area contributed by atoms with E-state index in [9.17, 15) is 4.79 Å². The summed E-state index contributed by atoms with van der Waals surface area (Å²) >= 11 is 1.62. The number of amides is 1. The zero-order valence-electron chi connectivity index (χ0n) is 10.9. The molecule has 1 heterocycles. The minimum atomic E-state index is 0.0453. The smallest absolute Gasteiger partial charge is 0.230 e. The van der Waals surface area contributed by atoms with Crippen molar-refractivity contribution in [2.45, 2.75) is 32.1 Å². The van der Waals surface area contributed by atoms with Gasteiger partial charge in [-0.2, -0.15) is 0 Å². The molecular weight excluding hydrogens is 256 g/mol. The molecule has 100 valence electrons. The fraction of sp³-hybridized carbons (Fsp3) is 0.467. The van der Waals surface area contributed by atoms with Crippen LogP contribution >= 0.6 is 11.8 Å². The molecule has 0 spiro atoms. The van der Waals surface area contributed by atoms with E-state index in [0.717, 1.165) is 29.4 Å². The van der Waals surface area contributed by atoms with Crippen LogP contribution < -0.4 is 5.32 Å². The second-order valence-electron chi connectivity index (χ2n) is 5.07. The average molecular weight is 274 g/mol. The highest BCUT2D eigenvalue weighted by Gasteiger charge is 2.13. The summed E-state index contributed by atoms with van der Waals surface area (Å²) in [4.78, 5) is 16.2. The van der Waals surface area contributed by atoms with Crippen LogP contribution in [0.15, 0.2) is 23.2 Å². The first-order valence-corrected chi connectivity index (χ1v) is 7.87. The van der Waals surface area contributed by atoms with E-state index in [1.165, 1.54) is 30.4 Å². The highest BCUT2D eigenvalue weighted by atomic mass is 32.2. The van der Waals surface area contributed by atoms with Crippen LogP contribution in [0.1, 0.15) is 29.5 Å². The number of hydrogen-bond acceptors (Lipinski definition) is 3. The maximum atomic E-state index is 11.9. The maximum absolute atomic E-state index is 11.9. The van der Waals surface area contributed by atoms with Gasteiger partial charge in [-0.15, -0.1) is 0 Å². The molecule has 3 nitrogen and oxygen atoms in total. The number of aliphatic imine (C=N–C) groups is 1. The van der Waals surface area contributed by atoms with Gasteiger partial charge in [-0.25, -0.2) is 0 Å². The minimum absolute atomic E-state index is 0.0453. The molecule has 1 N–H and O–H groups in total. The van der Waals surface area contributed by atoms with Gasteiger partial charge in [-0.05, 0) is 42.4 Å². The Morgan fingerprint density at radius 3 is 2.89 bits per heavy atom. The van der Waals surface area contributed by atoms with E-state index in [1.54, 1.807) is 11.8 Å². The van der Waals surface area contributed by atoms with Gasteiger partial charge in [0.2, 0.25) is 5.91 Å². The fourth-order valence-electron chi connectivity index (χ4n) is 2.66. The number of thioether (sulfide) groups is 1. The fourth-order valence-corrected chi connectivity index (χ4v) is 3.40. The summed E-state index contributed by atoms with van der Waals surface area (Å²) in [6.07, 6.45) is 5.37. The van der Waals surface area contributed by atoms with Crippen LogP contribution in [0, 0.1) is 0 Å². The normalized spacial score (nSPS) is 17.8. The van der Waals surface area contributed by atoms with Crippen LogP contribution in [0.5, 0.6) is 0 Å². The summed E-state index contributed by atoms with van der Waals surface area (Å²) in [5, 5.41) is 3.66. The lowest BCUT2D eigenvalue weighted by Crippen LogP contribution is -2.28. The molecule has 0 saturated carbocycles. The monoisotopic (exact) mass is 274 g/mol. The number of nitrogens with one attached hydrogen (secondary N) is 1. The molecule has 1 amide bonds. The van der Waals surface area contributed by atoms with Crippen molar-refractivity contribution in [1.82, 2.24) is 5.32 Å². The third-order valence-corrected chi connectivity index (χ3v) is 4.50. The summed E-state index contributed by atoms with van der Waals surface area (Å²) < 4.78 is 0. The van der Waals surface area contributed by atoms with Crippen molar-refractivity contribution >= 4 is 22.8 Å². The van der Waals surface area contributed by atoms with Crippen molar-refractivity contribution in [2.75, 3.05) is 12.3 Å². The zero-order valence-corrected chi connectivity index (χ0v) is 11.8. The molecule has 1 aliphatic heterocycles. The molecule has 0 atom stereocenters. The number of carbonyl (C=O) groups is 1. The number of hydrogen-bond donors (Lipinski definition) is 1. The van der Waals surface area contributed by atoms with Crippen LogP contribution in [0.4, 0.5) is 0 Å². The van der Waals surface area contributed by atoms with Gasteiger partial charge in [-0.1, -0.05) is 30.0 Å². The van der Waals surface area contributed by atoms with Gasteiger partial charge in [0.25, 0.3) is 0 Å². The Hall–Kier alpha value is -1.29. The number of aryl methyl sites for hydroxylation is 2. The molecule has 0 aromatic heterocycles. The molecule has 1 aromatic rings. The van der Waals surface area contributed by atoms with Crippen LogP contribution in [0.25, 0.3) is 0 Å². The van der Waals surface area contributed by atoms with Crippen LogP contribution in [0.2, 0.25) is 0 Å². The van der Waals surface area contributed by atoms with Gasteiger partial charge in [-0.3, -0.25) is 9.79 Å². The van der Waals surface area contributed by atoms with Gasteiger partial charge >= 0.3 is 0 Å². The molecule has 0 radical (unpaired) electrons. The lowest BCUT2D eigenvalue weighted by atomic mass is 9.90. The maximum Gasteiger partial charge on any atom is 0.230 e. The van der Waals surface area contributed by atoms with Crippen molar-refractivity contribution in [1.29, 1.82) is 0 Å². The Kier molecular flexibility index (Phi) is 3.87. The van der Waals surface area contributed by atoms with Crippen molar-refractivity contribution < 1.29 is 4.79 Å². The van der Waals surface area contributed by atoms with Crippen molar-refractivity contribution in [3.63, 3.8) is 0 Å². The van der Waals surface area contributed by atoms with Crippen molar-refractivity contribution in [3.8, 4) is 0 Å². The van der Waals surface area contributed by atoms with E-state index in [0.29, 0.717) is 6.42 Å². The molecule has 2 aliphatic rings. The molecule has 4 heteroatoms. The minimum Gasteiger partial charge on any atom is -0.305 e. The van der Waals surface area contributed by atoms with E-state index < -0.39 is 0 Å². The predicted octanol–water partition coefficient (Wildman–Crippen LogP) is 2.33. The number of fused-ring (bicyclic) bond motifs is 1. The van der Waals surface area contributed by atoms with Crippen LogP contribution in [0.3, 0.4) is 0 Å². The summed E-state index contributed by atoms with van der Waals surface area (Å²) in [5.41, 5.74) is 4.01. The molecule has 0 fully saturated rings. The number of rotatable bonds is 2. The van der Waals surface area contributed by atoms with Crippen molar-refractivity contribution in [2.24, 2.45) is 4.99 Å². The van der Waals surface area contributed by atoms with E-state index in [2.05, 4.69) is 28.5 Å². The molecule has 1 aliphatic carbocycles. The quantitative estimate of drug-likeness (QED) is 0.899. The van der Waals surface area contributed by atoms with E-state index in [1.807, 2.05) is 0 Å². The summed E-state index contributed by atoms with van der Waals surface area (Å²) in [6.45, 7) is 0.819. The third-order valence-electron chi connectivity index (χ3n) is 3.61. The second kappa shape index (κ2) is 5.78. The summed E-state index contributed by atoms with van der Waals surface area (Å²) in [7, 11) is 0. The number of carbonyl (C=O) groups excluding carboxylic acids is 1. The molecule has 0 unspecified atom stereocenters. The summed E-state index contributed by atoms with van der Waals surface area (Å²) in [5.74, 6) is 1.03. The first-order valence-electron chi connectivity index (χ1n) is 6.89. The van der Waals surface area contributed by atoms with Gasteiger partial charge < -0.3 is 5.32 Å². The summed E-state index contributed by atoms with van der Waals surface area (Å²) in [6, 6.07) is 6.49. The predicted molar refractivity (Wildman–Crippen MR) is 79.7 cm³/mol. The molecule has 0 saturated heterocycles. The zero-order chi connectivity index (χ0) is 13.1.